The Morgan fingerprint density at radius 2 is 1.73 bits per heavy atom. The van der Waals surface area contributed by atoms with Crippen LogP contribution in [0, 0.1) is 0 Å². The molecule has 0 bridgehead atoms. The molecule has 3 heterocycles. The van der Waals surface area contributed by atoms with E-state index in [1.807, 2.05) is 9.80 Å². The van der Waals surface area contributed by atoms with Gasteiger partial charge in [0, 0.05) is 57.3 Å². The molecule has 1 aromatic rings. The third-order valence-electron chi connectivity index (χ3n) is 5.26. The molecule has 3 aliphatic rings. The first-order valence-electron chi connectivity index (χ1n) is 8.51. The topological polar surface area (TPSA) is 55.5 Å². The zero-order valence-electron chi connectivity index (χ0n) is 13.3. The average Bonchev–Trinajstić information content (AvgIpc) is 3.33. The number of fused-ring (bicyclic) bond motifs is 1. The number of carbonyl (C=O) groups excluding carboxylic acids is 1. The quantitative estimate of drug-likeness (QED) is 0.844. The highest BCUT2D eigenvalue weighted by Crippen LogP contribution is 2.41. The summed E-state index contributed by atoms with van der Waals surface area (Å²) in [7, 11) is 2.12. The second-order valence-electron chi connectivity index (χ2n) is 6.90. The number of piperazine rings is 1. The molecule has 4 rings (SSSR count). The molecular weight excluding hydrogens is 278 g/mol. The highest BCUT2D eigenvalue weighted by atomic mass is 16.2. The molecule has 1 N–H and O–H groups in total. The first-order chi connectivity index (χ1) is 10.7. The lowest BCUT2D eigenvalue weighted by molar-refractivity contribution is 0.123. The maximum atomic E-state index is 12.7. The van der Waals surface area contributed by atoms with E-state index in [9.17, 15) is 4.79 Å². The van der Waals surface area contributed by atoms with Crippen molar-refractivity contribution in [1.29, 1.82) is 0 Å². The van der Waals surface area contributed by atoms with Crippen molar-refractivity contribution < 1.29 is 4.79 Å². The summed E-state index contributed by atoms with van der Waals surface area (Å²) in [5.41, 5.74) is 3.94. The van der Waals surface area contributed by atoms with E-state index in [1.54, 1.807) is 0 Å². The predicted molar refractivity (Wildman–Crippen MR) is 84.0 cm³/mol. The minimum Gasteiger partial charge on any atom is -0.324 e. The van der Waals surface area contributed by atoms with Gasteiger partial charge < -0.3 is 14.7 Å². The number of rotatable bonds is 1. The largest absolute Gasteiger partial charge is 0.324 e. The maximum Gasteiger partial charge on any atom is 0.320 e. The molecule has 2 aliphatic heterocycles. The van der Waals surface area contributed by atoms with Gasteiger partial charge in [0.2, 0.25) is 0 Å². The first-order valence-corrected chi connectivity index (χ1v) is 8.51. The number of aromatic amines is 1. The van der Waals surface area contributed by atoms with Crippen LogP contribution in [0.2, 0.25) is 0 Å². The highest BCUT2D eigenvalue weighted by Gasteiger charge is 2.32. The minimum absolute atomic E-state index is 0.221. The Balaban J connectivity index is 1.42. The second kappa shape index (κ2) is 5.57. The number of urea groups is 1. The number of hydrogen-bond donors (Lipinski definition) is 1. The molecule has 1 saturated heterocycles. The Bertz CT molecular complexity index is 557. The molecule has 1 saturated carbocycles. The van der Waals surface area contributed by atoms with Crippen LogP contribution in [0.15, 0.2) is 0 Å². The fraction of sp³-hybridized carbons (Fsp3) is 0.750. The van der Waals surface area contributed by atoms with E-state index in [4.69, 9.17) is 0 Å². The summed E-state index contributed by atoms with van der Waals surface area (Å²) >= 11 is 0. The Morgan fingerprint density at radius 3 is 2.45 bits per heavy atom. The van der Waals surface area contributed by atoms with Crippen LogP contribution in [0.3, 0.4) is 0 Å². The summed E-state index contributed by atoms with van der Waals surface area (Å²) in [5.74, 6) is 0.680. The van der Waals surface area contributed by atoms with Gasteiger partial charge in [0.05, 0.1) is 5.69 Å². The Labute approximate surface area is 131 Å². The van der Waals surface area contributed by atoms with E-state index >= 15 is 0 Å². The minimum atomic E-state index is 0.221. The van der Waals surface area contributed by atoms with Crippen LogP contribution in [0.4, 0.5) is 4.79 Å². The lowest BCUT2D eigenvalue weighted by Gasteiger charge is -2.35. The number of aromatic nitrogens is 2. The van der Waals surface area contributed by atoms with E-state index < -0.39 is 0 Å². The SMILES string of the molecule is CN1CCN(C(=O)N2CCc3[nH]nc(C4CC4)c3CC2)CC1. The van der Waals surface area contributed by atoms with E-state index in [0.29, 0.717) is 5.92 Å². The van der Waals surface area contributed by atoms with E-state index in [2.05, 4.69) is 22.1 Å². The lowest BCUT2D eigenvalue weighted by Crippen LogP contribution is -2.52. The summed E-state index contributed by atoms with van der Waals surface area (Å²) in [4.78, 5) is 19.1. The molecule has 6 heteroatoms. The predicted octanol–water partition coefficient (Wildman–Crippen LogP) is 1.06. The van der Waals surface area contributed by atoms with Gasteiger partial charge >= 0.3 is 6.03 Å². The lowest BCUT2D eigenvalue weighted by atomic mass is 10.1. The van der Waals surface area contributed by atoms with Crippen LogP contribution in [-0.4, -0.2) is 77.2 Å². The second-order valence-corrected chi connectivity index (χ2v) is 6.90. The van der Waals surface area contributed by atoms with Gasteiger partial charge in [0.25, 0.3) is 0 Å². The van der Waals surface area contributed by atoms with Crippen molar-refractivity contribution >= 4 is 6.03 Å². The van der Waals surface area contributed by atoms with E-state index in [1.165, 1.54) is 29.8 Å². The van der Waals surface area contributed by atoms with Gasteiger partial charge in [-0.3, -0.25) is 5.10 Å². The van der Waals surface area contributed by atoms with Gasteiger partial charge in [0.15, 0.2) is 0 Å². The maximum absolute atomic E-state index is 12.7. The third kappa shape index (κ3) is 2.60. The molecule has 1 aromatic heterocycles. The molecule has 2 amide bonds. The van der Waals surface area contributed by atoms with Gasteiger partial charge in [-0.05, 0) is 31.9 Å². The summed E-state index contributed by atoms with van der Waals surface area (Å²) in [5, 5.41) is 7.75. The van der Waals surface area contributed by atoms with Crippen LogP contribution >= 0.6 is 0 Å². The number of likely N-dealkylation sites (N-methyl/N-ethyl adjacent to an activating group) is 1. The van der Waals surface area contributed by atoms with Gasteiger partial charge in [-0.1, -0.05) is 0 Å². The van der Waals surface area contributed by atoms with Crippen molar-refractivity contribution in [2.45, 2.75) is 31.6 Å². The number of H-pyrrole nitrogens is 1. The van der Waals surface area contributed by atoms with Gasteiger partial charge in [-0.15, -0.1) is 0 Å². The molecule has 0 spiro atoms. The molecular formula is C16H25N5O. The highest BCUT2D eigenvalue weighted by molar-refractivity contribution is 5.74. The van der Waals surface area contributed by atoms with Crippen molar-refractivity contribution in [2.75, 3.05) is 46.3 Å². The van der Waals surface area contributed by atoms with Crippen LogP contribution in [-0.2, 0) is 12.8 Å². The van der Waals surface area contributed by atoms with E-state index in [-0.39, 0.29) is 6.03 Å². The normalized spacial score (nSPS) is 23.3. The molecule has 2 fully saturated rings. The molecule has 22 heavy (non-hydrogen) atoms. The smallest absolute Gasteiger partial charge is 0.320 e. The van der Waals surface area contributed by atoms with Gasteiger partial charge in [-0.2, -0.15) is 5.10 Å². The van der Waals surface area contributed by atoms with Gasteiger partial charge in [0.1, 0.15) is 0 Å². The monoisotopic (exact) mass is 303 g/mol. The summed E-state index contributed by atoms with van der Waals surface area (Å²) in [6, 6.07) is 0.221. The van der Waals surface area contributed by atoms with Crippen molar-refractivity contribution in [3.05, 3.63) is 17.0 Å². The fourth-order valence-corrected chi connectivity index (χ4v) is 3.59. The van der Waals surface area contributed by atoms with Crippen LogP contribution in [0.1, 0.15) is 35.7 Å². The molecule has 0 radical (unpaired) electrons. The third-order valence-corrected chi connectivity index (χ3v) is 5.26. The zero-order valence-corrected chi connectivity index (χ0v) is 13.3. The number of nitrogens with one attached hydrogen (secondary N) is 1. The average molecular weight is 303 g/mol. The van der Waals surface area contributed by atoms with Gasteiger partial charge in [-0.25, -0.2) is 4.79 Å². The first kappa shape index (κ1) is 14.1. The van der Waals surface area contributed by atoms with Crippen molar-refractivity contribution in [3.63, 3.8) is 0 Å². The number of amides is 2. The Hall–Kier alpha value is -1.56. The Morgan fingerprint density at radius 1 is 1.05 bits per heavy atom. The number of carbonyl (C=O) groups is 1. The van der Waals surface area contributed by atoms with Crippen molar-refractivity contribution in [1.82, 2.24) is 24.9 Å². The molecule has 0 atom stereocenters. The van der Waals surface area contributed by atoms with Crippen molar-refractivity contribution in [2.24, 2.45) is 0 Å². The standard InChI is InChI=1S/C16H25N5O/c1-19-8-10-21(11-9-19)16(22)20-6-4-13-14(5-7-20)17-18-15(13)12-2-3-12/h12H,2-11H2,1H3,(H,17,18). The van der Waals surface area contributed by atoms with Crippen LogP contribution in [0.5, 0.6) is 0 Å². The van der Waals surface area contributed by atoms with Crippen molar-refractivity contribution in [3.8, 4) is 0 Å². The fourth-order valence-electron chi connectivity index (χ4n) is 3.59. The van der Waals surface area contributed by atoms with Crippen LogP contribution < -0.4 is 0 Å². The number of nitrogens with zero attached hydrogens (tertiary/aromatic N) is 4. The molecule has 6 nitrogen and oxygen atoms in total. The molecule has 1 aliphatic carbocycles. The summed E-state index contributed by atoms with van der Waals surface area (Å²) in [6.45, 7) is 5.31. The number of hydrogen-bond acceptors (Lipinski definition) is 3. The van der Waals surface area contributed by atoms with Crippen LogP contribution in [0.25, 0.3) is 0 Å². The zero-order chi connectivity index (χ0) is 15.1. The summed E-state index contributed by atoms with van der Waals surface area (Å²) in [6.07, 6.45) is 4.42. The van der Waals surface area contributed by atoms with E-state index in [0.717, 1.165) is 52.1 Å². The molecule has 0 aromatic carbocycles. The Kier molecular flexibility index (Phi) is 3.56. The molecule has 120 valence electrons. The molecule has 0 unspecified atom stereocenters. The summed E-state index contributed by atoms with van der Waals surface area (Å²) < 4.78 is 0.